The number of aryl methyl sites for hydroxylation is 1. The van der Waals surface area contributed by atoms with Gasteiger partial charge in [0.25, 0.3) is 0 Å². The Morgan fingerprint density at radius 1 is 1.00 bits per heavy atom. The molecule has 0 unspecified atom stereocenters. The highest BCUT2D eigenvalue weighted by atomic mass is 32.2. The zero-order valence-electron chi connectivity index (χ0n) is 12.1. The molecule has 0 aliphatic heterocycles. The Morgan fingerprint density at radius 3 is 2.50 bits per heavy atom. The lowest BCUT2D eigenvalue weighted by Crippen LogP contribution is -2.33. The molecule has 0 aliphatic rings. The molecule has 2 aromatic carbocycles. The van der Waals surface area contributed by atoms with Gasteiger partial charge in [0.05, 0.1) is 5.75 Å². The van der Waals surface area contributed by atoms with Crippen molar-refractivity contribution in [3.8, 4) is 0 Å². The van der Waals surface area contributed by atoms with Gasteiger partial charge in [0.1, 0.15) is 0 Å². The highest BCUT2D eigenvalue weighted by molar-refractivity contribution is 7.90. The lowest BCUT2D eigenvalue weighted by Gasteiger charge is -2.11. The number of sulfone groups is 1. The van der Waals surface area contributed by atoms with E-state index in [0.29, 0.717) is 4.73 Å². The van der Waals surface area contributed by atoms with E-state index in [1.54, 1.807) is 6.07 Å². The number of hydrogen-bond acceptors (Lipinski definition) is 3. The molecule has 0 atom stereocenters. The molecule has 0 N–H and O–H groups in total. The third-order valence-electron chi connectivity index (χ3n) is 3.72. The number of fused-ring (bicyclic) bond motifs is 1. The lowest BCUT2D eigenvalue weighted by atomic mass is 10.0. The summed E-state index contributed by atoms with van der Waals surface area (Å²) in [6.45, 7) is 1.88. The second-order valence-corrected chi connectivity index (χ2v) is 7.14. The van der Waals surface area contributed by atoms with Gasteiger partial charge in [-0.2, -0.15) is 4.73 Å². The summed E-state index contributed by atoms with van der Waals surface area (Å²) in [5, 5.41) is 13.4. The van der Waals surface area contributed by atoms with Gasteiger partial charge < -0.3 is 5.21 Å². The molecule has 112 valence electrons. The van der Waals surface area contributed by atoms with Gasteiger partial charge in [0.2, 0.25) is 9.84 Å². The number of rotatable bonds is 3. The van der Waals surface area contributed by atoms with Crippen LogP contribution >= 0.6 is 0 Å². The fourth-order valence-electron chi connectivity index (χ4n) is 2.55. The van der Waals surface area contributed by atoms with E-state index in [2.05, 4.69) is 0 Å². The highest BCUT2D eigenvalue weighted by Gasteiger charge is 2.25. The van der Waals surface area contributed by atoms with E-state index in [-0.39, 0.29) is 10.8 Å². The molecule has 0 saturated carbocycles. The van der Waals surface area contributed by atoms with Crippen LogP contribution in [0.4, 0.5) is 0 Å². The Kier molecular flexibility index (Phi) is 3.58. The van der Waals surface area contributed by atoms with E-state index < -0.39 is 9.84 Å². The monoisotopic (exact) mass is 313 g/mol. The fraction of sp³-hybridized carbons (Fsp3) is 0.118. The number of hydrogen-bond donors (Lipinski definition) is 0. The van der Waals surface area contributed by atoms with Crippen LogP contribution in [0.5, 0.6) is 0 Å². The summed E-state index contributed by atoms with van der Waals surface area (Å²) < 4.78 is 25.6. The standard InChI is InChI=1S/C17H15NO3S/c1-13-9-10-14-6-2-3-7-15(14)16(13)12-22(20,21)17-8-4-5-11-18(17)19/h2-11H,12H2,1H3. The van der Waals surface area contributed by atoms with Crippen LogP contribution in [0.3, 0.4) is 0 Å². The van der Waals surface area contributed by atoms with Crippen molar-refractivity contribution in [2.75, 3.05) is 0 Å². The van der Waals surface area contributed by atoms with Crippen LogP contribution in [0.15, 0.2) is 65.8 Å². The van der Waals surface area contributed by atoms with Crippen molar-refractivity contribution in [1.29, 1.82) is 0 Å². The number of benzene rings is 2. The number of aromatic nitrogens is 1. The normalized spacial score (nSPS) is 11.7. The largest absolute Gasteiger partial charge is 0.618 e. The van der Waals surface area contributed by atoms with Gasteiger partial charge >= 0.3 is 5.03 Å². The smallest absolute Gasteiger partial charge is 0.308 e. The third-order valence-corrected chi connectivity index (χ3v) is 5.34. The van der Waals surface area contributed by atoms with Gasteiger partial charge in [-0.15, -0.1) is 0 Å². The average Bonchev–Trinajstić information content (AvgIpc) is 2.50. The first-order valence-electron chi connectivity index (χ1n) is 6.87. The van der Waals surface area contributed by atoms with E-state index >= 15 is 0 Å². The maximum atomic E-state index is 12.6. The van der Waals surface area contributed by atoms with Crippen molar-refractivity contribution in [3.63, 3.8) is 0 Å². The van der Waals surface area contributed by atoms with Crippen LogP contribution in [0.2, 0.25) is 0 Å². The van der Waals surface area contributed by atoms with Gasteiger partial charge in [0.15, 0.2) is 6.20 Å². The van der Waals surface area contributed by atoms with Gasteiger partial charge in [-0.05, 0) is 34.9 Å². The minimum Gasteiger partial charge on any atom is -0.618 e. The molecule has 1 aromatic heterocycles. The Balaban J connectivity index is 2.14. The lowest BCUT2D eigenvalue weighted by molar-refractivity contribution is -0.646. The molecular formula is C17H15NO3S. The van der Waals surface area contributed by atoms with Gasteiger partial charge in [0, 0.05) is 12.1 Å². The average molecular weight is 313 g/mol. The van der Waals surface area contributed by atoms with Gasteiger partial charge in [-0.25, -0.2) is 8.42 Å². The highest BCUT2D eigenvalue weighted by Crippen LogP contribution is 2.25. The molecule has 1 heterocycles. The quantitative estimate of drug-likeness (QED) is 0.552. The van der Waals surface area contributed by atoms with Crippen molar-refractivity contribution >= 4 is 20.6 Å². The third kappa shape index (κ3) is 2.55. The first kappa shape index (κ1) is 14.5. The zero-order chi connectivity index (χ0) is 15.7. The van der Waals surface area contributed by atoms with Crippen molar-refractivity contribution in [2.45, 2.75) is 17.7 Å². The Hall–Kier alpha value is -2.40. The Labute approximate surface area is 129 Å². The molecule has 0 spiro atoms. The second kappa shape index (κ2) is 5.42. The number of pyridine rings is 1. The molecule has 0 radical (unpaired) electrons. The molecule has 3 aromatic rings. The predicted molar refractivity (Wildman–Crippen MR) is 85.0 cm³/mol. The van der Waals surface area contributed by atoms with Crippen molar-refractivity contribution < 1.29 is 13.1 Å². The minimum absolute atomic E-state index is 0.188. The first-order chi connectivity index (χ1) is 10.5. The molecule has 5 heteroatoms. The van der Waals surface area contributed by atoms with E-state index in [0.717, 1.165) is 21.9 Å². The zero-order valence-corrected chi connectivity index (χ0v) is 12.9. The predicted octanol–water partition coefficient (Wildman–Crippen LogP) is 2.76. The SMILES string of the molecule is Cc1ccc2ccccc2c1CS(=O)(=O)c1cccc[n+]1[O-]. The topological polar surface area (TPSA) is 61.1 Å². The molecule has 4 nitrogen and oxygen atoms in total. The van der Waals surface area contributed by atoms with Crippen LogP contribution in [-0.2, 0) is 15.6 Å². The fourth-order valence-corrected chi connectivity index (χ4v) is 4.09. The maximum Gasteiger partial charge on any atom is 0.308 e. The summed E-state index contributed by atoms with van der Waals surface area (Å²) in [6.07, 6.45) is 1.20. The number of nitrogens with zero attached hydrogens (tertiary/aromatic N) is 1. The van der Waals surface area contributed by atoms with Crippen molar-refractivity contribution in [2.24, 2.45) is 0 Å². The molecule has 0 bridgehead atoms. The van der Waals surface area contributed by atoms with Crippen LogP contribution in [0.25, 0.3) is 10.8 Å². The Morgan fingerprint density at radius 2 is 1.73 bits per heavy atom. The molecule has 0 amide bonds. The van der Waals surface area contributed by atoms with E-state index in [9.17, 15) is 13.6 Å². The van der Waals surface area contributed by atoms with Crippen LogP contribution in [0.1, 0.15) is 11.1 Å². The van der Waals surface area contributed by atoms with E-state index in [1.807, 2.05) is 43.3 Å². The van der Waals surface area contributed by atoms with Crippen molar-refractivity contribution in [3.05, 3.63) is 77.1 Å². The van der Waals surface area contributed by atoms with Gasteiger partial charge in [-0.1, -0.05) is 36.4 Å². The van der Waals surface area contributed by atoms with E-state index in [1.165, 1.54) is 18.3 Å². The molecule has 3 rings (SSSR count). The van der Waals surface area contributed by atoms with Gasteiger partial charge in [-0.3, -0.25) is 0 Å². The Bertz CT molecular complexity index is 949. The summed E-state index contributed by atoms with van der Waals surface area (Å²) in [7, 11) is -3.71. The van der Waals surface area contributed by atoms with Crippen LogP contribution in [0, 0.1) is 12.1 Å². The van der Waals surface area contributed by atoms with E-state index in [4.69, 9.17) is 0 Å². The molecule has 22 heavy (non-hydrogen) atoms. The second-order valence-electron chi connectivity index (χ2n) is 5.21. The summed E-state index contributed by atoms with van der Waals surface area (Å²) in [5.74, 6) is -0.188. The summed E-state index contributed by atoms with van der Waals surface area (Å²) in [5.41, 5.74) is 1.64. The minimum atomic E-state index is -3.71. The molecule has 0 fully saturated rings. The first-order valence-corrected chi connectivity index (χ1v) is 8.52. The molecular weight excluding hydrogens is 298 g/mol. The van der Waals surface area contributed by atoms with Crippen LogP contribution in [-0.4, -0.2) is 8.42 Å². The summed E-state index contributed by atoms with van der Waals surface area (Å²) >= 11 is 0. The van der Waals surface area contributed by atoms with Crippen molar-refractivity contribution in [1.82, 2.24) is 0 Å². The maximum absolute atomic E-state index is 12.6. The molecule has 0 saturated heterocycles. The summed E-state index contributed by atoms with van der Waals surface area (Å²) in [6, 6.07) is 15.9. The summed E-state index contributed by atoms with van der Waals surface area (Å²) in [4.78, 5) is 0. The molecule has 0 aliphatic carbocycles. The van der Waals surface area contributed by atoms with Crippen LogP contribution < -0.4 is 4.73 Å².